The molecule has 2 aromatic rings. The first-order valence-electron chi connectivity index (χ1n) is 5.06. The second-order valence-electron chi connectivity index (χ2n) is 3.58. The topological polar surface area (TPSA) is 60.2 Å². The van der Waals surface area contributed by atoms with E-state index in [1.165, 1.54) is 0 Å². The molecule has 1 atom stereocenters. The van der Waals surface area contributed by atoms with E-state index >= 15 is 0 Å². The molecule has 1 heterocycles. The van der Waals surface area contributed by atoms with Crippen LogP contribution in [-0.4, -0.2) is 27.2 Å². The Balaban J connectivity index is 2.38. The van der Waals surface area contributed by atoms with Gasteiger partial charge in [0.05, 0.1) is 29.6 Å². The van der Waals surface area contributed by atoms with Crippen LogP contribution < -0.4 is 4.74 Å². The number of hydrogen-bond donors (Lipinski definition) is 1. The van der Waals surface area contributed by atoms with Gasteiger partial charge in [-0.25, -0.2) is 4.68 Å². The minimum atomic E-state index is -0.624. The number of halogens is 1. The zero-order valence-corrected chi connectivity index (χ0v) is 11.0. The summed E-state index contributed by atoms with van der Waals surface area (Å²) in [4.78, 5) is 0. The minimum absolute atomic E-state index is 0.534. The summed E-state index contributed by atoms with van der Waals surface area (Å²) in [5.41, 5.74) is 1.36. The number of benzene rings is 1. The van der Waals surface area contributed by atoms with Crippen molar-refractivity contribution < 1.29 is 9.84 Å². The first-order valence-corrected chi connectivity index (χ1v) is 5.85. The third-order valence-electron chi connectivity index (χ3n) is 2.34. The molecule has 1 aromatic heterocycles. The van der Waals surface area contributed by atoms with Crippen LogP contribution in [0.3, 0.4) is 0 Å². The number of aromatic nitrogens is 3. The maximum absolute atomic E-state index is 9.38. The quantitative estimate of drug-likeness (QED) is 0.942. The van der Waals surface area contributed by atoms with Crippen molar-refractivity contribution in [3.63, 3.8) is 0 Å². The Morgan fingerprint density at radius 3 is 2.82 bits per heavy atom. The number of aliphatic hydroxyl groups is 1. The van der Waals surface area contributed by atoms with Gasteiger partial charge >= 0.3 is 0 Å². The lowest BCUT2D eigenvalue weighted by Crippen LogP contribution is -1.96. The number of rotatable bonds is 3. The van der Waals surface area contributed by atoms with E-state index in [-0.39, 0.29) is 0 Å². The van der Waals surface area contributed by atoms with Crippen LogP contribution in [0.5, 0.6) is 5.75 Å². The van der Waals surface area contributed by atoms with Crippen molar-refractivity contribution in [2.24, 2.45) is 0 Å². The average molecular weight is 298 g/mol. The molecule has 6 heteroatoms. The van der Waals surface area contributed by atoms with Gasteiger partial charge in [-0.05, 0) is 35.0 Å². The Kier molecular flexibility index (Phi) is 3.44. The summed E-state index contributed by atoms with van der Waals surface area (Å²) in [5, 5.41) is 17.2. The van der Waals surface area contributed by atoms with Crippen LogP contribution in [0.25, 0.3) is 5.69 Å². The SMILES string of the molecule is COc1cc(-n2cc(C(C)O)nn2)ccc1Br. The molecule has 0 aliphatic carbocycles. The number of aliphatic hydroxyl groups excluding tert-OH is 1. The molecule has 0 bridgehead atoms. The van der Waals surface area contributed by atoms with Gasteiger partial charge in [-0.2, -0.15) is 0 Å². The Morgan fingerprint density at radius 2 is 2.24 bits per heavy atom. The van der Waals surface area contributed by atoms with E-state index in [1.54, 1.807) is 24.9 Å². The van der Waals surface area contributed by atoms with Crippen molar-refractivity contribution in [3.05, 3.63) is 34.6 Å². The van der Waals surface area contributed by atoms with Gasteiger partial charge in [0.15, 0.2) is 0 Å². The Hall–Kier alpha value is -1.40. The minimum Gasteiger partial charge on any atom is -0.495 e. The molecule has 0 aliphatic rings. The van der Waals surface area contributed by atoms with Crippen LogP contribution >= 0.6 is 15.9 Å². The standard InChI is InChI=1S/C11H12BrN3O2/c1-7(16)10-6-15(14-13-10)8-3-4-9(12)11(5-8)17-2/h3-7,16H,1-2H3. The second kappa shape index (κ2) is 4.85. The van der Waals surface area contributed by atoms with Crippen molar-refractivity contribution in [1.82, 2.24) is 15.0 Å². The van der Waals surface area contributed by atoms with E-state index in [1.807, 2.05) is 18.2 Å². The molecular formula is C11H12BrN3O2. The fourth-order valence-corrected chi connectivity index (χ4v) is 1.79. The van der Waals surface area contributed by atoms with Gasteiger partial charge in [-0.15, -0.1) is 5.10 Å². The monoisotopic (exact) mass is 297 g/mol. The molecule has 1 N–H and O–H groups in total. The molecule has 17 heavy (non-hydrogen) atoms. The van der Waals surface area contributed by atoms with E-state index in [2.05, 4.69) is 26.2 Å². The highest BCUT2D eigenvalue weighted by molar-refractivity contribution is 9.10. The number of hydrogen-bond acceptors (Lipinski definition) is 4. The molecule has 1 unspecified atom stereocenters. The Labute approximate surface area is 107 Å². The summed E-state index contributed by atoms with van der Waals surface area (Å²) >= 11 is 3.38. The van der Waals surface area contributed by atoms with Gasteiger partial charge in [-0.1, -0.05) is 5.21 Å². The van der Waals surface area contributed by atoms with Crippen LogP contribution in [0, 0.1) is 0 Å². The molecule has 0 amide bonds. The van der Waals surface area contributed by atoms with Crippen molar-refractivity contribution in [3.8, 4) is 11.4 Å². The van der Waals surface area contributed by atoms with E-state index in [4.69, 9.17) is 4.74 Å². The molecule has 0 saturated carbocycles. The van der Waals surface area contributed by atoms with Crippen LogP contribution in [-0.2, 0) is 0 Å². The molecule has 0 radical (unpaired) electrons. The lowest BCUT2D eigenvalue weighted by molar-refractivity contribution is 0.194. The van der Waals surface area contributed by atoms with Gasteiger partial charge in [0.1, 0.15) is 11.4 Å². The van der Waals surface area contributed by atoms with Gasteiger partial charge in [0.25, 0.3) is 0 Å². The molecule has 5 nitrogen and oxygen atoms in total. The van der Waals surface area contributed by atoms with Crippen molar-refractivity contribution >= 4 is 15.9 Å². The highest BCUT2D eigenvalue weighted by Crippen LogP contribution is 2.27. The lowest BCUT2D eigenvalue weighted by Gasteiger charge is -2.05. The molecular weight excluding hydrogens is 286 g/mol. The Morgan fingerprint density at radius 1 is 1.47 bits per heavy atom. The molecule has 90 valence electrons. The van der Waals surface area contributed by atoms with Gasteiger partial charge in [0.2, 0.25) is 0 Å². The summed E-state index contributed by atoms with van der Waals surface area (Å²) in [6, 6.07) is 5.59. The van der Waals surface area contributed by atoms with Gasteiger partial charge < -0.3 is 9.84 Å². The van der Waals surface area contributed by atoms with E-state index in [0.717, 1.165) is 15.9 Å². The van der Waals surface area contributed by atoms with E-state index in [0.29, 0.717) is 5.69 Å². The number of ether oxygens (including phenoxy) is 1. The normalized spacial score (nSPS) is 12.5. The molecule has 1 aromatic carbocycles. The summed E-state index contributed by atoms with van der Waals surface area (Å²) in [6.07, 6.45) is 1.06. The lowest BCUT2D eigenvalue weighted by atomic mass is 10.3. The zero-order chi connectivity index (χ0) is 12.4. The first kappa shape index (κ1) is 12.1. The molecule has 0 saturated heterocycles. The summed E-state index contributed by atoms with van der Waals surface area (Å²) in [6.45, 7) is 1.65. The first-order chi connectivity index (χ1) is 8.11. The third kappa shape index (κ3) is 2.48. The fourth-order valence-electron chi connectivity index (χ4n) is 1.39. The van der Waals surface area contributed by atoms with Crippen molar-refractivity contribution in [2.75, 3.05) is 7.11 Å². The highest BCUT2D eigenvalue weighted by atomic mass is 79.9. The predicted octanol–water partition coefficient (Wildman–Crippen LogP) is 2.09. The summed E-state index contributed by atoms with van der Waals surface area (Å²) in [7, 11) is 1.60. The van der Waals surface area contributed by atoms with Crippen molar-refractivity contribution in [2.45, 2.75) is 13.0 Å². The van der Waals surface area contributed by atoms with Crippen LogP contribution in [0.1, 0.15) is 18.7 Å². The van der Waals surface area contributed by atoms with Gasteiger partial charge in [-0.3, -0.25) is 0 Å². The second-order valence-corrected chi connectivity index (χ2v) is 4.44. The smallest absolute Gasteiger partial charge is 0.135 e. The molecule has 0 spiro atoms. The van der Waals surface area contributed by atoms with Crippen molar-refractivity contribution in [1.29, 1.82) is 0 Å². The van der Waals surface area contributed by atoms with Crippen LogP contribution in [0.2, 0.25) is 0 Å². The summed E-state index contributed by atoms with van der Waals surface area (Å²) < 4.78 is 7.67. The number of nitrogens with zero attached hydrogens (tertiary/aromatic N) is 3. The maximum Gasteiger partial charge on any atom is 0.135 e. The van der Waals surface area contributed by atoms with Gasteiger partial charge in [0, 0.05) is 6.07 Å². The van der Waals surface area contributed by atoms with E-state index < -0.39 is 6.10 Å². The highest BCUT2D eigenvalue weighted by Gasteiger charge is 2.09. The van der Waals surface area contributed by atoms with E-state index in [9.17, 15) is 5.11 Å². The maximum atomic E-state index is 9.38. The largest absolute Gasteiger partial charge is 0.495 e. The average Bonchev–Trinajstić information content (AvgIpc) is 2.79. The molecule has 2 rings (SSSR count). The zero-order valence-electron chi connectivity index (χ0n) is 9.46. The fraction of sp³-hybridized carbons (Fsp3) is 0.273. The Bertz CT molecular complexity index is 525. The van der Waals surface area contributed by atoms with Crippen LogP contribution in [0.15, 0.2) is 28.9 Å². The number of methoxy groups -OCH3 is 1. The predicted molar refractivity (Wildman–Crippen MR) is 66.2 cm³/mol. The third-order valence-corrected chi connectivity index (χ3v) is 2.99. The molecule has 0 aliphatic heterocycles. The molecule has 0 fully saturated rings. The van der Waals surface area contributed by atoms with Crippen LogP contribution in [0.4, 0.5) is 0 Å². The summed E-state index contributed by atoms with van der Waals surface area (Å²) in [5.74, 6) is 0.719.